The normalized spacial score (nSPS) is 38.6. The molecule has 3 heteroatoms. The predicted octanol–water partition coefficient (Wildman–Crippen LogP) is 0.942. The van der Waals surface area contributed by atoms with Crippen molar-refractivity contribution in [3.8, 4) is 0 Å². The van der Waals surface area contributed by atoms with Crippen LogP contribution in [0.4, 0.5) is 0 Å². The maximum atomic E-state index is 5.62. The van der Waals surface area contributed by atoms with Crippen LogP contribution in [0.15, 0.2) is 0 Å². The van der Waals surface area contributed by atoms with Crippen molar-refractivity contribution >= 4 is 0 Å². The first-order valence-corrected chi connectivity index (χ1v) is 6.35. The van der Waals surface area contributed by atoms with Gasteiger partial charge in [0.2, 0.25) is 0 Å². The number of likely N-dealkylation sites (tertiary alicyclic amines) is 1. The van der Waals surface area contributed by atoms with E-state index in [0.29, 0.717) is 0 Å². The lowest BCUT2D eigenvalue weighted by molar-refractivity contribution is -0.0809. The number of hydrogen-bond donors (Lipinski definition) is 0. The Morgan fingerprint density at radius 3 is 2.13 bits per heavy atom. The summed E-state index contributed by atoms with van der Waals surface area (Å²) in [6, 6.07) is 3.03. The molecule has 2 unspecified atom stereocenters. The van der Waals surface area contributed by atoms with Crippen molar-refractivity contribution in [2.24, 2.45) is 0 Å². The van der Waals surface area contributed by atoms with Crippen LogP contribution in [0.3, 0.4) is 0 Å². The Labute approximate surface area is 92.4 Å². The van der Waals surface area contributed by atoms with Crippen LogP contribution in [0.2, 0.25) is 0 Å². The zero-order chi connectivity index (χ0) is 10.4. The molecule has 3 aliphatic heterocycles. The van der Waals surface area contributed by atoms with E-state index in [4.69, 9.17) is 4.74 Å². The van der Waals surface area contributed by atoms with E-state index < -0.39 is 0 Å². The zero-order valence-corrected chi connectivity index (χ0v) is 9.85. The standard InChI is InChI=1S/C12H22N2O/c1-9(2)13-5-12(6-13)14-10-3-4-11(14)8-15-7-10/h9-12H,3-8H2,1-2H3. The Hall–Kier alpha value is -0.120. The molecule has 0 radical (unpaired) electrons. The van der Waals surface area contributed by atoms with E-state index in [1.807, 2.05) is 0 Å². The van der Waals surface area contributed by atoms with Gasteiger partial charge < -0.3 is 4.74 Å². The summed E-state index contributed by atoms with van der Waals surface area (Å²) in [5.41, 5.74) is 0. The molecule has 2 bridgehead atoms. The highest BCUT2D eigenvalue weighted by atomic mass is 16.5. The van der Waals surface area contributed by atoms with Crippen molar-refractivity contribution < 1.29 is 4.74 Å². The largest absolute Gasteiger partial charge is 0.378 e. The lowest BCUT2D eigenvalue weighted by atomic mass is 10.0. The zero-order valence-electron chi connectivity index (χ0n) is 9.85. The summed E-state index contributed by atoms with van der Waals surface area (Å²) >= 11 is 0. The molecule has 3 nitrogen and oxygen atoms in total. The molecule has 86 valence electrons. The smallest absolute Gasteiger partial charge is 0.0622 e. The highest BCUT2D eigenvalue weighted by Gasteiger charge is 2.45. The number of rotatable bonds is 2. The Kier molecular flexibility index (Phi) is 2.49. The number of morpholine rings is 1. The van der Waals surface area contributed by atoms with Gasteiger partial charge in [0, 0.05) is 37.3 Å². The van der Waals surface area contributed by atoms with Crippen LogP contribution < -0.4 is 0 Å². The highest BCUT2D eigenvalue weighted by Crippen LogP contribution is 2.33. The summed E-state index contributed by atoms with van der Waals surface area (Å²) in [5.74, 6) is 0. The minimum absolute atomic E-state index is 0.722. The third-order valence-electron chi connectivity index (χ3n) is 4.34. The molecular formula is C12H22N2O. The quantitative estimate of drug-likeness (QED) is 0.674. The van der Waals surface area contributed by atoms with Gasteiger partial charge in [-0.05, 0) is 26.7 Å². The first-order valence-electron chi connectivity index (χ1n) is 6.35. The van der Waals surface area contributed by atoms with Gasteiger partial charge in [0.25, 0.3) is 0 Å². The van der Waals surface area contributed by atoms with Gasteiger partial charge in [-0.15, -0.1) is 0 Å². The maximum absolute atomic E-state index is 5.62. The van der Waals surface area contributed by atoms with Gasteiger partial charge in [-0.1, -0.05) is 0 Å². The first-order chi connectivity index (χ1) is 7.25. The van der Waals surface area contributed by atoms with Gasteiger partial charge in [-0.2, -0.15) is 0 Å². The van der Waals surface area contributed by atoms with Crippen LogP contribution >= 0.6 is 0 Å². The van der Waals surface area contributed by atoms with E-state index in [0.717, 1.165) is 37.4 Å². The molecule has 0 spiro atoms. The van der Waals surface area contributed by atoms with Crippen LogP contribution in [0, 0.1) is 0 Å². The maximum Gasteiger partial charge on any atom is 0.0622 e. The van der Waals surface area contributed by atoms with Gasteiger partial charge in [0.1, 0.15) is 0 Å². The van der Waals surface area contributed by atoms with Gasteiger partial charge in [-0.3, -0.25) is 9.80 Å². The van der Waals surface area contributed by atoms with E-state index in [9.17, 15) is 0 Å². The molecule has 3 aliphatic rings. The summed E-state index contributed by atoms with van der Waals surface area (Å²) < 4.78 is 5.62. The molecule has 3 rings (SSSR count). The van der Waals surface area contributed by atoms with Gasteiger partial charge in [0.15, 0.2) is 0 Å². The minimum Gasteiger partial charge on any atom is -0.378 e. The second-order valence-corrected chi connectivity index (χ2v) is 5.57. The van der Waals surface area contributed by atoms with Crippen molar-refractivity contribution in [2.45, 2.75) is 50.9 Å². The molecule has 0 aromatic heterocycles. The fourth-order valence-corrected chi connectivity index (χ4v) is 3.35. The topological polar surface area (TPSA) is 15.7 Å². The third-order valence-corrected chi connectivity index (χ3v) is 4.34. The fraction of sp³-hybridized carbons (Fsp3) is 1.00. The number of ether oxygens (including phenoxy) is 1. The highest BCUT2D eigenvalue weighted by molar-refractivity contribution is 5.00. The molecule has 0 saturated carbocycles. The molecule has 0 amide bonds. The van der Waals surface area contributed by atoms with Crippen LogP contribution in [0.1, 0.15) is 26.7 Å². The van der Waals surface area contributed by atoms with E-state index >= 15 is 0 Å². The Morgan fingerprint density at radius 1 is 1.00 bits per heavy atom. The van der Waals surface area contributed by atoms with Gasteiger partial charge in [0.05, 0.1) is 13.2 Å². The molecule has 15 heavy (non-hydrogen) atoms. The molecule has 3 saturated heterocycles. The Morgan fingerprint density at radius 2 is 1.60 bits per heavy atom. The predicted molar refractivity (Wildman–Crippen MR) is 60.0 cm³/mol. The average Bonchev–Trinajstić information content (AvgIpc) is 2.39. The van der Waals surface area contributed by atoms with Crippen LogP contribution in [-0.2, 0) is 4.74 Å². The summed E-state index contributed by atoms with van der Waals surface area (Å²) in [7, 11) is 0. The van der Waals surface area contributed by atoms with Crippen molar-refractivity contribution in [3.05, 3.63) is 0 Å². The average molecular weight is 210 g/mol. The minimum atomic E-state index is 0.722. The molecule has 0 aliphatic carbocycles. The lowest BCUT2D eigenvalue weighted by Gasteiger charge is -2.51. The number of nitrogens with zero attached hydrogens (tertiary/aromatic N) is 2. The molecular weight excluding hydrogens is 188 g/mol. The molecule has 2 atom stereocenters. The van der Waals surface area contributed by atoms with E-state index in [2.05, 4.69) is 23.6 Å². The van der Waals surface area contributed by atoms with Crippen LogP contribution in [0.25, 0.3) is 0 Å². The van der Waals surface area contributed by atoms with E-state index in [1.54, 1.807) is 0 Å². The summed E-state index contributed by atoms with van der Waals surface area (Å²) in [6.45, 7) is 9.12. The SMILES string of the molecule is CC(C)N1CC(N2C3CCC2COC3)C1. The lowest BCUT2D eigenvalue weighted by Crippen LogP contribution is -2.65. The van der Waals surface area contributed by atoms with Gasteiger partial charge in [-0.25, -0.2) is 0 Å². The third kappa shape index (κ3) is 1.61. The molecule has 0 N–H and O–H groups in total. The monoisotopic (exact) mass is 210 g/mol. The molecule has 0 aromatic carbocycles. The van der Waals surface area contributed by atoms with Crippen molar-refractivity contribution in [3.63, 3.8) is 0 Å². The van der Waals surface area contributed by atoms with Crippen molar-refractivity contribution in [1.29, 1.82) is 0 Å². The molecule has 0 aromatic rings. The number of hydrogen-bond acceptors (Lipinski definition) is 3. The second-order valence-electron chi connectivity index (χ2n) is 5.57. The fourth-order valence-electron chi connectivity index (χ4n) is 3.35. The Bertz CT molecular complexity index is 222. The summed E-state index contributed by atoms with van der Waals surface area (Å²) in [4.78, 5) is 5.34. The van der Waals surface area contributed by atoms with Crippen LogP contribution in [-0.4, -0.2) is 60.3 Å². The van der Waals surface area contributed by atoms with E-state index in [1.165, 1.54) is 25.9 Å². The van der Waals surface area contributed by atoms with Crippen LogP contribution in [0.5, 0.6) is 0 Å². The first kappa shape index (κ1) is 10.1. The van der Waals surface area contributed by atoms with Gasteiger partial charge >= 0.3 is 0 Å². The molecule has 3 heterocycles. The van der Waals surface area contributed by atoms with Crippen molar-refractivity contribution in [2.75, 3.05) is 26.3 Å². The van der Waals surface area contributed by atoms with E-state index in [-0.39, 0.29) is 0 Å². The Balaban J connectivity index is 1.60. The second kappa shape index (κ2) is 3.72. The summed E-state index contributed by atoms with van der Waals surface area (Å²) in [5, 5.41) is 0. The number of fused-ring (bicyclic) bond motifs is 2. The van der Waals surface area contributed by atoms with Crippen molar-refractivity contribution in [1.82, 2.24) is 9.80 Å². The summed E-state index contributed by atoms with van der Waals surface area (Å²) in [6.07, 6.45) is 2.73. The molecule has 3 fully saturated rings.